The number of methoxy groups -OCH3 is 1. The minimum atomic E-state index is -1.14. The summed E-state index contributed by atoms with van der Waals surface area (Å²) in [5.41, 5.74) is 1.02. The molecule has 0 aliphatic heterocycles. The number of H-pyrrole nitrogens is 1. The van der Waals surface area contributed by atoms with Gasteiger partial charge in [-0.1, -0.05) is 25.7 Å². The number of carbonyl (C=O) groups is 1. The fourth-order valence-electron chi connectivity index (χ4n) is 2.70. The molecule has 2 heterocycles. The van der Waals surface area contributed by atoms with E-state index in [-0.39, 0.29) is 5.56 Å². The molecule has 1 aromatic carbocycles. The van der Waals surface area contributed by atoms with Crippen LogP contribution in [0.5, 0.6) is 0 Å². The molecule has 0 bridgehead atoms. The van der Waals surface area contributed by atoms with Gasteiger partial charge >= 0.3 is 5.97 Å². The van der Waals surface area contributed by atoms with Crippen LogP contribution in [0, 0.1) is 0 Å². The number of esters is 1. The highest BCUT2D eigenvalue weighted by molar-refractivity contribution is 6.76. The van der Waals surface area contributed by atoms with Gasteiger partial charge in [0.1, 0.15) is 6.73 Å². The topological polar surface area (TPSA) is 86.2 Å². The van der Waals surface area contributed by atoms with Crippen molar-refractivity contribution < 1.29 is 14.3 Å². The summed E-state index contributed by atoms with van der Waals surface area (Å²) in [5.74, 6) is -0.445. The number of aromatic amines is 1. The maximum absolute atomic E-state index is 12.3. The number of benzene rings is 1. The molecule has 0 radical (unpaired) electrons. The zero-order valence-corrected chi connectivity index (χ0v) is 16.5. The third kappa shape index (κ3) is 3.86. The van der Waals surface area contributed by atoms with Crippen LogP contribution in [-0.2, 0) is 16.2 Å². The highest BCUT2D eigenvalue weighted by atomic mass is 28.3. The van der Waals surface area contributed by atoms with Crippen molar-refractivity contribution in [2.45, 2.75) is 32.4 Å². The first-order valence-electron chi connectivity index (χ1n) is 8.48. The van der Waals surface area contributed by atoms with Crippen molar-refractivity contribution >= 4 is 35.8 Å². The number of rotatable bonds is 6. The number of carbonyl (C=O) groups excluding carboxylic acids is 1. The molecule has 0 atom stereocenters. The molecule has 1 N–H and O–H groups in total. The Morgan fingerprint density at radius 1 is 1.27 bits per heavy atom. The summed E-state index contributed by atoms with van der Waals surface area (Å²) in [6.45, 7) is 7.89. The Hall–Kier alpha value is -2.45. The monoisotopic (exact) mass is 373 g/mol. The number of nitrogens with zero attached hydrogens (tertiary/aromatic N) is 2. The normalized spacial score (nSPS) is 12.0. The molecular weight excluding hydrogens is 350 g/mol. The molecule has 0 fully saturated rings. The summed E-state index contributed by atoms with van der Waals surface area (Å²) in [6, 6.07) is 6.16. The lowest BCUT2D eigenvalue weighted by Gasteiger charge is -2.15. The predicted octanol–water partition coefficient (Wildman–Crippen LogP) is 2.98. The third-order valence-corrected chi connectivity index (χ3v) is 5.88. The maximum atomic E-state index is 12.3. The molecule has 7 nitrogen and oxygen atoms in total. The molecular formula is C18H23N3O4Si. The van der Waals surface area contributed by atoms with Gasteiger partial charge < -0.3 is 14.5 Å². The Balaban J connectivity index is 1.91. The van der Waals surface area contributed by atoms with Gasteiger partial charge in [-0.15, -0.1) is 0 Å². The summed E-state index contributed by atoms with van der Waals surface area (Å²) in [4.78, 5) is 26.8. The van der Waals surface area contributed by atoms with E-state index in [2.05, 4.69) is 29.7 Å². The lowest BCUT2D eigenvalue weighted by atomic mass is 10.1. The smallest absolute Gasteiger partial charge is 0.337 e. The minimum absolute atomic E-state index is 0.296. The second-order valence-electron chi connectivity index (χ2n) is 7.48. The molecule has 0 unspecified atom stereocenters. The van der Waals surface area contributed by atoms with Gasteiger partial charge in [0.05, 0.1) is 12.7 Å². The van der Waals surface area contributed by atoms with Crippen molar-refractivity contribution in [2.75, 3.05) is 13.7 Å². The lowest BCUT2D eigenvalue weighted by Crippen LogP contribution is -2.22. The maximum Gasteiger partial charge on any atom is 0.337 e. The van der Waals surface area contributed by atoms with Crippen LogP contribution in [0.1, 0.15) is 10.4 Å². The van der Waals surface area contributed by atoms with Crippen LogP contribution in [0.25, 0.3) is 21.8 Å². The number of hydrogen-bond acceptors (Lipinski definition) is 5. The van der Waals surface area contributed by atoms with Crippen molar-refractivity contribution in [3.05, 3.63) is 40.3 Å². The van der Waals surface area contributed by atoms with Crippen molar-refractivity contribution in [3.8, 4) is 0 Å². The van der Waals surface area contributed by atoms with Crippen molar-refractivity contribution in [2.24, 2.45) is 0 Å². The van der Waals surface area contributed by atoms with E-state index in [1.54, 1.807) is 29.1 Å². The van der Waals surface area contributed by atoms with Crippen molar-refractivity contribution in [3.63, 3.8) is 0 Å². The summed E-state index contributed by atoms with van der Waals surface area (Å²) in [5, 5.41) is 5.89. The lowest BCUT2D eigenvalue weighted by molar-refractivity contribution is 0.0601. The first kappa shape index (κ1) is 18.3. The number of aromatic nitrogens is 3. The van der Waals surface area contributed by atoms with Gasteiger partial charge in [0.15, 0.2) is 5.52 Å². The third-order valence-electron chi connectivity index (χ3n) is 4.18. The molecule has 3 rings (SSSR count). The zero-order valence-electron chi connectivity index (χ0n) is 15.5. The van der Waals surface area contributed by atoms with Gasteiger partial charge in [-0.3, -0.25) is 4.79 Å². The van der Waals surface area contributed by atoms with Crippen LogP contribution >= 0.6 is 0 Å². The van der Waals surface area contributed by atoms with Crippen molar-refractivity contribution in [1.29, 1.82) is 0 Å². The van der Waals surface area contributed by atoms with E-state index >= 15 is 0 Å². The summed E-state index contributed by atoms with van der Waals surface area (Å²) in [7, 11) is 0.186. The van der Waals surface area contributed by atoms with Crippen LogP contribution in [0.4, 0.5) is 0 Å². The standard InChI is InChI=1S/C18H23N3O4Si/c1-24-18(23)12-5-6-13-14-10-21(11-25-7-8-26(2,3)4)20-16(14)17(22)19-15(13)9-12/h5-6,9-10H,7-8,11H2,1-4H3,(H,19,22). The zero-order chi connectivity index (χ0) is 18.9. The van der Waals surface area contributed by atoms with Crippen LogP contribution in [-0.4, -0.2) is 42.5 Å². The number of hydrogen-bond donors (Lipinski definition) is 1. The minimum Gasteiger partial charge on any atom is -0.465 e. The SMILES string of the molecule is COC(=O)c1ccc2c(c1)[nH]c(=O)c1nn(COCC[Si](C)(C)C)cc12. The Bertz CT molecular complexity index is 1020. The van der Waals surface area contributed by atoms with E-state index < -0.39 is 14.0 Å². The van der Waals surface area contributed by atoms with E-state index in [4.69, 9.17) is 9.47 Å². The molecule has 0 saturated heterocycles. The van der Waals surface area contributed by atoms with Gasteiger partial charge in [-0.05, 0) is 18.2 Å². The van der Waals surface area contributed by atoms with Crippen LogP contribution in [0.3, 0.4) is 0 Å². The van der Waals surface area contributed by atoms with Crippen LogP contribution in [0.2, 0.25) is 25.7 Å². The number of ether oxygens (including phenoxy) is 2. The summed E-state index contributed by atoms with van der Waals surface area (Å²) in [6.07, 6.45) is 1.80. The van der Waals surface area contributed by atoms with E-state index in [1.807, 2.05) is 0 Å². The van der Waals surface area contributed by atoms with Gasteiger partial charge in [-0.25, -0.2) is 9.48 Å². The molecule has 0 amide bonds. The average molecular weight is 373 g/mol. The molecule has 26 heavy (non-hydrogen) atoms. The Morgan fingerprint density at radius 2 is 2.04 bits per heavy atom. The van der Waals surface area contributed by atoms with E-state index in [0.29, 0.717) is 29.9 Å². The molecule has 0 spiro atoms. The Kier molecular flexibility index (Phi) is 4.97. The quantitative estimate of drug-likeness (QED) is 0.408. The van der Waals surface area contributed by atoms with Gasteiger partial charge in [0.25, 0.3) is 5.56 Å². The second kappa shape index (κ2) is 7.04. The van der Waals surface area contributed by atoms with Gasteiger partial charge in [0.2, 0.25) is 0 Å². The fraction of sp³-hybridized carbons (Fsp3) is 0.389. The fourth-order valence-corrected chi connectivity index (χ4v) is 3.45. The molecule has 8 heteroatoms. The molecule has 138 valence electrons. The molecule has 0 aliphatic carbocycles. The molecule has 2 aromatic heterocycles. The highest BCUT2D eigenvalue weighted by Gasteiger charge is 2.14. The first-order valence-corrected chi connectivity index (χ1v) is 12.2. The second-order valence-corrected chi connectivity index (χ2v) is 13.1. The van der Waals surface area contributed by atoms with E-state index in [9.17, 15) is 9.59 Å². The van der Waals surface area contributed by atoms with E-state index in [1.165, 1.54) is 7.11 Å². The molecule has 0 saturated carbocycles. The van der Waals surface area contributed by atoms with Gasteiger partial charge in [0, 0.05) is 37.2 Å². The number of pyridine rings is 1. The average Bonchev–Trinajstić information content (AvgIpc) is 3.02. The highest BCUT2D eigenvalue weighted by Crippen LogP contribution is 2.22. The molecule has 3 aromatic rings. The summed E-state index contributed by atoms with van der Waals surface area (Å²) >= 11 is 0. The number of nitrogens with one attached hydrogen (secondary N) is 1. The number of fused-ring (bicyclic) bond motifs is 3. The largest absolute Gasteiger partial charge is 0.465 e. The Morgan fingerprint density at radius 3 is 2.73 bits per heavy atom. The van der Waals surface area contributed by atoms with Crippen molar-refractivity contribution in [1.82, 2.24) is 14.8 Å². The van der Waals surface area contributed by atoms with Crippen LogP contribution < -0.4 is 5.56 Å². The first-order chi connectivity index (χ1) is 12.3. The Labute approximate surface area is 151 Å². The van der Waals surface area contributed by atoms with E-state index in [0.717, 1.165) is 16.8 Å². The van der Waals surface area contributed by atoms with Gasteiger partial charge in [-0.2, -0.15) is 5.10 Å². The molecule has 0 aliphatic rings. The summed E-state index contributed by atoms with van der Waals surface area (Å²) < 4.78 is 12.1. The predicted molar refractivity (Wildman–Crippen MR) is 103 cm³/mol. The van der Waals surface area contributed by atoms with Crippen LogP contribution in [0.15, 0.2) is 29.2 Å².